The number of nitrogens with two attached hydrogens (primary N) is 1. The van der Waals surface area contributed by atoms with Crippen LogP contribution in [-0.2, 0) is 9.53 Å². The van der Waals surface area contributed by atoms with E-state index in [-0.39, 0.29) is 17.6 Å². The number of carboxylic acid groups (broad SMARTS) is 1. The minimum absolute atomic E-state index is 0.0783. The van der Waals surface area contributed by atoms with E-state index in [9.17, 15) is 18.8 Å². The van der Waals surface area contributed by atoms with Gasteiger partial charge in [-0.25, -0.2) is 14.0 Å². The molecule has 8 nitrogen and oxygen atoms in total. The molecule has 110 valence electrons. The summed E-state index contributed by atoms with van der Waals surface area (Å²) in [6, 6.07) is 0. The van der Waals surface area contributed by atoms with Gasteiger partial charge < -0.3 is 15.6 Å². The fourth-order valence-corrected chi connectivity index (χ4v) is 1.48. The summed E-state index contributed by atoms with van der Waals surface area (Å²) in [5.41, 5.74) is 4.17. The van der Waals surface area contributed by atoms with Gasteiger partial charge >= 0.3 is 17.8 Å². The lowest BCUT2D eigenvalue weighted by Crippen LogP contribution is -2.33. The fraction of sp³-hybridized carbons (Fsp3) is 0.455. The number of hydrogen-bond donors (Lipinski definition) is 2. The van der Waals surface area contributed by atoms with E-state index >= 15 is 0 Å². The Morgan fingerprint density at radius 1 is 1.60 bits per heavy atom. The molecule has 9 heteroatoms. The first-order valence-corrected chi connectivity index (χ1v) is 5.81. The molecule has 0 aliphatic rings. The molecule has 1 aromatic rings. The van der Waals surface area contributed by atoms with Gasteiger partial charge in [-0.15, -0.1) is 0 Å². The second-order valence-corrected chi connectivity index (χ2v) is 3.96. The molecule has 1 unspecified atom stereocenters. The number of aromatic nitrogens is 2. The van der Waals surface area contributed by atoms with Gasteiger partial charge in [-0.2, -0.15) is 9.55 Å². The Morgan fingerprint density at radius 3 is 2.80 bits per heavy atom. The number of halogens is 1. The number of carboxylic acids is 1. The lowest BCUT2D eigenvalue weighted by atomic mass is 10.0. The van der Waals surface area contributed by atoms with Crippen molar-refractivity contribution in [1.82, 2.24) is 9.55 Å². The Kier molecular flexibility index (Phi) is 5.18. The molecule has 0 aliphatic heterocycles. The van der Waals surface area contributed by atoms with E-state index in [1.54, 1.807) is 6.92 Å². The maximum Gasteiger partial charge on any atom is 0.424 e. The summed E-state index contributed by atoms with van der Waals surface area (Å²) in [7, 11) is 0. The van der Waals surface area contributed by atoms with E-state index in [1.165, 1.54) is 0 Å². The molecule has 1 aromatic heterocycles. The number of aliphatic carboxylic acids is 1. The van der Waals surface area contributed by atoms with Crippen LogP contribution in [0.25, 0.3) is 0 Å². The van der Waals surface area contributed by atoms with Gasteiger partial charge in [0.05, 0.1) is 18.7 Å². The molecule has 0 amide bonds. The average molecular weight is 287 g/mol. The van der Waals surface area contributed by atoms with E-state index in [1.807, 2.05) is 0 Å². The maximum absolute atomic E-state index is 13.1. The van der Waals surface area contributed by atoms with Crippen molar-refractivity contribution >= 4 is 17.9 Å². The van der Waals surface area contributed by atoms with Crippen LogP contribution >= 0.6 is 0 Å². The standard InChI is InChI=1S/C11H14FN3O5/c1-2-6(9(16)17)3-4-20-11(19)15-8(13)7(12)5-14-10(15)18/h5-6H,2-4,13H2,1H3,(H,16,17). The molecule has 0 saturated heterocycles. The number of ether oxygens (including phenoxy) is 1. The topological polar surface area (TPSA) is 125 Å². The Hall–Kier alpha value is -2.45. The molecular formula is C11H14FN3O5. The Bertz CT molecular complexity index is 572. The maximum atomic E-state index is 13.1. The number of anilines is 1. The first-order valence-electron chi connectivity index (χ1n) is 5.81. The average Bonchev–Trinajstić information content (AvgIpc) is 2.39. The molecule has 0 aromatic carbocycles. The van der Waals surface area contributed by atoms with Crippen LogP contribution in [0.5, 0.6) is 0 Å². The van der Waals surface area contributed by atoms with Gasteiger partial charge in [0, 0.05) is 0 Å². The smallest absolute Gasteiger partial charge is 0.424 e. The monoisotopic (exact) mass is 287 g/mol. The van der Waals surface area contributed by atoms with Crippen molar-refractivity contribution < 1.29 is 23.8 Å². The fourth-order valence-electron chi connectivity index (χ4n) is 1.48. The number of carbonyl (C=O) groups is 2. The van der Waals surface area contributed by atoms with Crippen molar-refractivity contribution in [2.24, 2.45) is 5.92 Å². The predicted molar refractivity (Wildman–Crippen MR) is 65.6 cm³/mol. The van der Waals surface area contributed by atoms with Crippen LogP contribution in [0, 0.1) is 11.7 Å². The summed E-state index contributed by atoms with van der Waals surface area (Å²) < 4.78 is 18.0. The summed E-state index contributed by atoms with van der Waals surface area (Å²) in [4.78, 5) is 36.7. The molecule has 0 bridgehead atoms. The number of nitrogen functional groups attached to an aromatic ring is 1. The lowest BCUT2D eigenvalue weighted by Gasteiger charge is -2.11. The minimum atomic E-state index is -1.19. The van der Waals surface area contributed by atoms with Crippen LogP contribution in [0.3, 0.4) is 0 Å². The van der Waals surface area contributed by atoms with Gasteiger partial charge in [-0.3, -0.25) is 4.79 Å². The molecule has 1 rings (SSSR count). The van der Waals surface area contributed by atoms with Crippen LogP contribution in [0.4, 0.5) is 15.0 Å². The zero-order valence-corrected chi connectivity index (χ0v) is 10.7. The quantitative estimate of drug-likeness (QED) is 0.805. The molecule has 20 heavy (non-hydrogen) atoms. The first kappa shape index (κ1) is 15.6. The van der Waals surface area contributed by atoms with Crippen LogP contribution in [0.1, 0.15) is 19.8 Å². The van der Waals surface area contributed by atoms with Gasteiger partial charge in [0.2, 0.25) is 0 Å². The summed E-state index contributed by atoms with van der Waals surface area (Å²) >= 11 is 0. The van der Waals surface area contributed by atoms with E-state index in [4.69, 9.17) is 15.6 Å². The van der Waals surface area contributed by atoms with Crippen LogP contribution in [-0.4, -0.2) is 33.3 Å². The Morgan fingerprint density at radius 2 is 2.25 bits per heavy atom. The number of rotatable bonds is 5. The first-order chi connectivity index (χ1) is 9.38. The highest BCUT2D eigenvalue weighted by molar-refractivity contribution is 5.74. The molecule has 0 aliphatic carbocycles. The molecule has 0 saturated carbocycles. The highest BCUT2D eigenvalue weighted by Gasteiger charge is 2.19. The van der Waals surface area contributed by atoms with Gasteiger partial charge in [-0.05, 0) is 12.8 Å². The summed E-state index contributed by atoms with van der Waals surface area (Å²) in [6.45, 7) is 1.45. The Balaban J connectivity index is 2.72. The van der Waals surface area contributed by atoms with Gasteiger partial charge in [-0.1, -0.05) is 6.92 Å². The van der Waals surface area contributed by atoms with E-state index in [0.29, 0.717) is 12.6 Å². The molecular weight excluding hydrogens is 273 g/mol. The van der Waals surface area contributed by atoms with Gasteiger partial charge in [0.1, 0.15) is 0 Å². The van der Waals surface area contributed by atoms with E-state index in [0.717, 1.165) is 0 Å². The largest absolute Gasteiger partial charge is 0.481 e. The normalized spacial score (nSPS) is 11.9. The van der Waals surface area contributed by atoms with Crippen molar-refractivity contribution in [2.45, 2.75) is 19.8 Å². The van der Waals surface area contributed by atoms with Crippen molar-refractivity contribution in [3.05, 3.63) is 22.5 Å². The van der Waals surface area contributed by atoms with Crippen molar-refractivity contribution in [3.8, 4) is 0 Å². The third-order valence-electron chi connectivity index (χ3n) is 2.68. The number of carbonyl (C=O) groups excluding carboxylic acids is 1. The summed E-state index contributed by atoms with van der Waals surface area (Å²) in [5, 5.41) is 8.80. The van der Waals surface area contributed by atoms with Crippen molar-refractivity contribution in [2.75, 3.05) is 12.3 Å². The third kappa shape index (κ3) is 3.53. The number of nitrogens with zero attached hydrogens (tertiary/aromatic N) is 2. The van der Waals surface area contributed by atoms with Crippen LogP contribution < -0.4 is 11.4 Å². The zero-order chi connectivity index (χ0) is 15.3. The van der Waals surface area contributed by atoms with Crippen LogP contribution in [0.15, 0.2) is 11.0 Å². The summed E-state index contributed by atoms with van der Waals surface area (Å²) in [5.74, 6) is -3.41. The number of hydrogen-bond acceptors (Lipinski definition) is 6. The van der Waals surface area contributed by atoms with E-state index in [2.05, 4.69) is 4.98 Å². The molecule has 1 atom stereocenters. The van der Waals surface area contributed by atoms with Crippen molar-refractivity contribution in [1.29, 1.82) is 0 Å². The lowest BCUT2D eigenvalue weighted by molar-refractivity contribution is -0.142. The highest BCUT2D eigenvalue weighted by Crippen LogP contribution is 2.09. The molecule has 3 N–H and O–H groups in total. The predicted octanol–water partition coefficient (Wildman–Crippen LogP) is 0.450. The van der Waals surface area contributed by atoms with Gasteiger partial charge in [0.15, 0.2) is 11.6 Å². The van der Waals surface area contributed by atoms with Crippen molar-refractivity contribution in [3.63, 3.8) is 0 Å². The molecule has 1 heterocycles. The van der Waals surface area contributed by atoms with Gasteiger partial charge in [0.25, 0.3) is 0 Å². The SMILES string of the molecule is CCC(CCOC(=O)n1c(N)c(F)cnc1=O)C(=O)O. The molecule has 0 fully saturated rings. The highest BCUT2D eigenvalue weighted by atomic mass is 19.1. The Labute approximate surface area is 113 Å². The van der Waals surface area contributed by atoms with E-state index < -0.39 is 35.3 Å². The second kappa shape index (κ2) is 6.64. The second-order valence-electron chi connectivity index (χ2n) is 3.96. The third-order valence-corrected chi connectivity index (χ3v) is 2.68. The molecule has 0 spiro atoms. The van der Waals surface area contributed by atoms with Crippen LogP contribution in [0.2, 0.25) is 0 Å². The zero-order valence-electron chi connectivity index (χ0n) is 10.7. The molecule has 0 radical (unpaired) electrons. The minimum Gasteiger partial charge on any atom is -0.481 e. The summed E-state index contributed by atoms with van der Waals surface area (Å²) in [6.07, 6.45) is -0.149.